The third-order valence-electron chi connectivity index (χ3n) is 0.831. The first-order valence-electron chi connectivity index (χ1n) is 2.04. The average Bonchev–Trinajstić information content (AvgIpc) is 1.91. The summed E-state index contributed by atoms with van der Waals surface area (Å²) in [6.45, 7) is 1.88. The van der Waals surface area contributed by atoms with Gasteiger partial charge >= 0.3 is 0 Å². The second-order valence-electron chi connectivity index (χ2n) is 1.36. The van der Waals surface area contributed by atoms with Gasteiger partial charge in [0.1, 0.15) is 5.76 Å². The third-order valence-corrected chi connectivity index (χ3v) is 1.30. The van der Waals surface area contributed by atoms with Gasteiger partial charge in [-0.25, -0.2) is 0 Å². The van der Waals surface area contributed by atoms with E-state index in [2.05, 4.69) is 12.6 Å². The normalized spacial score (nSPS) is 8.25. The Kier molecular flexibility index (Phi) is 3.90. The Hall–Kier alpha value is 0.630. The van der Waals surface area contributed by atoms with Crippen molar-refractivity contribution in [3.8, 4) is 0 Å². The molecular weight excluding hydrogens is 131 g/mol. The van der Waals surface area contributed by atoms with Gasteiger partial charge in [-0.1, -0.05) is 0 Å². The van der Waals surface area contributed by atoms with E-state index in [1.54, 1.807) is 6.26 Å². The molecule has 8 heavy (non-hydrogen) atoms. The summed E-state index contributed by atoms with van der Waals surface area (Å²) in [6.07, 6.45) is 1.62. The minimum absolute atomic E-state index is 0. The molecule has 0 saturated carbocycles. The molecule has 3 heteroatoms. The molecule has 0 atom stereocenters. The van der Waals surface area contributed by atoms with E-state index in [1.807, 2.05) is 13.0 Å². The molecule has 1 nitrogen and oxygen atoms in total. The molecule has 0 aliphatic heterocycles. The summed E-state index contributed by atoms with van der Waals surface area (Å²) in [5.74, 6) is 0.878. The van der Waals surface area contributed by atoms with Gasteiger partial charge in [0.25, 0.3) is 0 Å². The van der Waals surface area contributed by atoms with Crippen LogP contribution in [0.4, 0.5) is 0 Å². The number of furan rings is 1. The van der Waals surface area contributed by atoms with Crippen molar-refractivity contribution in [1.82, 2.24) is 0 Å². The van der Waals surface area contributed by atoms with Gasteiger partial charge in [-0.3, -0.25) is 0 Å². The van der Waals surface area contributed by atoms with Gasteiger partial charge in [0.05, 0.1) is 6.26 Å². The zero-order chi connectivity index (χ0) is 5.28. The molecule has 1 radical (unpaired) electrons. The van der Waals surface area contributed by atoms with Crippen LogP contribution in [-0.2, 0) is 0 Å². The van der Waals surface area contributed by atoms with Gasteiger partial charge in [0.2, 0.25) is 0 Å². The first-order valence-corrected chi connectivity index (χ1v) is 2.48. The fourth-order valence-corrected chi connectivity index (χ4v) is 0.492. The Morgan fingerprint density at radius 2 is 2.25 bits per heavy atom. The van der Waals surface area contributed by atoms with E-state index in [9.17, 15) is 0 Å². The van der Waals surface area contributed by atoms with Gasteiger partial charge in [-0.2, -0.15) is 0 Å². The SMILES string of the molecule is Cc1occc1S.[Na]. The summed E-state index contributed by atoms with van der Waals surface area (Å²) < 4.78 is 4.89. The van der Waals surface area contributed by atoms with Crippen LogP contribution < -0.4 is 0 Å². The second kappa shape index (κ2) is 3.62. The van der Waals surface area contributed by atoms with Crippen molar-refractivity contribution < 1.29 is 4.42 Å². The monoisotopic (exact) mass is 137 g/mol. The summed E-state index contributed by atoms with van der Waals surface area (Å²) >= 11 is 4.06. The van der Waals surface area contributed by atoms with Crippen molar-refractivity contribution in [3.63, 3.8) is 0 Å². The van der Waals surface area contributed by atoms with Crippen LogP contribution in [0.3, 0.4) is 0 Å². The fraction of sp³-hybridized carbons (Fsp3) is 0.200. The Morgan fingerprint density at radius 1 is 1.62 bits per heavy atom. The molecule has 0 bridgehead atoms. The molecule has 0 aliphatic carbocycles. The Balaban J connectivity index is 0.000000490. The van der Waals surface area contributed by atoms with Crippen LogP contribution in [-0.4, -0.2) is 29.6 Å². The van der Waals surface area contributed by atoms with Crippen LogP contribution >= 0.6 is 12.6 Å². The third kappa shape index (κ3) is 1.86. The van der Waals surface area contributed by atoms with Gasteiger partial charge < -0.3 is 4.42 Å². The minimum Gasteiger partial charge on any atom is -0.468 e. The zero-order valence-electron chi connectivity index (χ0n) is 5.01. The maximum absolute atomic E-state index is 4.89. The standard InChI is InChI=1S/C5H6OS.Na/c1-4-5(7)2-3-6-4;/h2-3,7H,1H3;. The number of aryl methyl sites for hydroxylation is 1. The minimum atomic E-state index is 0. The van der Waals surface area contributed by atoms with Crippen molar-refractivity contribution in [2.45, 2.75) is 11.8 Å². The summed E-state index contributed by atoms with van der Waals surface area (Å²) in [5.41, 5.74) is 0. The van der Waals surface area contributed by atoms with Crippen molar-refractivity contribution in [2.75, 3.05) is 0 Å². The van der Waals surface area contributed by atoms with Crippen molar-refractivity contribution in [2.24, 2.45) is 0 Å². The average molecular weight is 137 g/mol. The van der Waals surface area contributed by atoms with Gasteiger partial charge in [0, 0.05) is 34.5 Å². The first-order chi connectivity index (χ1) is 3.30. The van der Waals surface area contributed by atoms with Gasteiger partial charge in [-0.05, 0) is 13.0 Å². The molecule has 0 fully saturated rings. The summed E-state index contributed by atoms with van der Waals surface area (Å²) in [7, 11) is 0. The van der Waals surface area contributed by atoms with Gasteiger partial charge in [-0.15, -0.1) is 12.6 Å². The van der Waals surface area contributed by atoms with E-state index in [1.165, 1.54) is 0 Å². The molecule has 0 aromatic carbocycles. The maximum Gasteiger partial charge on any atom is 0.113 e. The summed E-state index contributed by atoms with van der Waals surface area (Å²) in [4.78, 5) is 0.917. The Morgan fingerprint density at radius 3 is 2.38 bits per heavy atom. The number of hydrogen-bond acceptors (Lipinski definition) is 2. The molecule has 1 aromatic rings. The molecule has 0 saturated heterocycles. The molecule has 1 aromatic heterocycles. The van der Waals surface area contributed by atoms with E-state index >= 15 is 0 Å². The topological polar surface area (TPSA) is 13.1 Å². The second-order valence-corrected chi connectivity index (χ2v) is 1.84. The van der Waals surface area contributed by atoms with Crippen LogP contribution in [0, 0.1) is 6.92 Å². The quantitative estimate of drug-likeness (QED) is 0.422. The Labute approximate surface area is 76.2 Å². The van der Waals surface area contributed by atoms with Crippen LogP contribution in [0.25, 0.3) is 0 Å². The maximum atomic E-state index is 4.89. The molecule has 0 aliphatic rings. The zero-order valence-corrected chi connectivity index (χ0v) is 7.90. The fourth-order valence-electron chi connectivity index (χ4n) is 0.378. The van der Waals surface area contributed by atoms with Crippen molar-refractivity contribution in [3.05, 3.63) is 18.1 Å². The molecule has 1 heterocycles. The number of rotatable bonds is 0. The summed E-state index contributed by atoms with van der Waals surface area (Å²) in [6, 6.07) is 1.82. The smallest absolute Gasteiger partial charge is 0.113 e. The van der Waals surface area contributed by atoms with Crippen LogP contribution in [0.15, 0.2) is 21.6 Å². The molecule has 0 amide bonds. The molecule has 0 N–H and O–H groups in total. The van der Waals surface area contributed by atoms with Crippen molar-refractivity contribution >= 4 is 42.2 Å². The summed E-state index contributed by atoms with van der Waals surface area (Å²) in [5, 5.41) is 0. The molecule has 39 valence electrons. The molecule has 1 rings (SSSR count). The first kappa shape index (κ1) is 8.63. The van der Waals surface area contributed by atoms with Gasteiger partial charge in [0.15, 0.2) is 0 Å². The largest absolute Gasteiger partial charge is 0.468 e. The van der Waals surface area contributed by atoms with E-state index in [4.69, 9.17) is 4.42 Å². The molecule has 0 spiro atoms. The Bertz CT molecular complexity index is 145. The van der Waals surface area contributed by atoms with E-state index in [-0.39, 0.29) is 29.6 Å². The predicted octanol–water partition coefficient (Wildman–Crippen LogP) is 1.50. The van der Waals surface area contributed by atoms with E-state index in [0.717, 1.165) is 10.7 Å². The van der Waals surface area contributed by atoms with Crippen LogP contribution in [0.5, 0.6) is 0 Å². The molecular formula is C5H6NaOS. The van der Waals surface area contributed by atoms with E-state index < -0.39 is 0 Å². The van der Waals surface area contributed by atoms with Crippen LogP contribution in [0.1, 0.15) is 5.76 Å². The van der Waals surface area contributed by atoms with E-state index in [0.29, 0.717) is 0 Å². The number of hydrogen-bond donors (Lipinski definition) is 1. The van der Waals surface area contributed by atoms with Crippen LogP contribution in [0.2, 0.25) is 0 Å². The number of thiol groups is 1. The predicted molar refractivity (Wildman–Crippen MR) is 36.5 cm³/mol. The van der Waals surface area contributed by atoms with Crippen molar-refractivity contribution in [1.29, 1.82) is 0 Å². The molecule has 0 unspecified atom stereocenters.